The van der Waals surface area contributed by atoms with E-state index < -0.39 is 0 Å². The molecular weight excluding hydrogens is 396 g/mol. The molecule has 0 amide bonds. The van der Waals surface area contributed by atoms with Crippen LogP contribution in [0.2, 0.25) is 0 Å². The Morgan fingerprint density at radius 2 is 1.09 bits per heavy atom. The monoisotopic (exact) mass is 442 g/mol. The third kappa shape index (κ3) is 9.30. The van der Waals surface area contributed by atoms with Gasteiger partial charge in [-0.2, -0.15) is 0 Å². The number of ether oxygens (including phenoxy) is 3. The molecule has 0 heterocycles. The molecule has 0 aromatic heterocycles. The van der Waals surface area contributed by atoms with E-state index in [1.807, 2.05) is 0 Å². The maximum atomic E-state index is 6.34. The molecule has 32 heavy (non-hydrogen) atoms. The predicted molar refractivity (Wildman–Crippen MR) is 137 cm³/mol. The molecule has 3 heteroatoms. The van der Waals surface area contributed by atoms with Crippen molar-refractivity contribution in [1.82, 2.24) is 0 Å². The van der Waals surface area contributed by atoms with Crippen LogP contribution in [0, 0.1) is 0 Å². The molecule has 2 aromatic carbocycles. The van der Waals surface area contributed by atoms with Crippen molar-refractivity contribution in [2.45, 2.75) is 104 Å². The lowest BCUT2D eigenvalue weighted by Gasteiger charge is -2.18. The van der Waals surface area contributed by atoms with Crippen LogP contribution < -0.4 is 14.2 Å². The lowest BCUT2D eigenvalue weighted by atomic mass is 10.1. The van der Waals surface area contributed by atoms with Crippen LogP contribution in [0.5, 0.6) is 17.2 Å². The Labute approximate surface area is 196 Å². The summed E-state index contributed by atoms with van der Waals surface area (Å²) >= 11 is 0. The molecule has 0 fully saturated rings. The van der Waals surface area contributed by atoms with Crippen molar-refractivity contribution in [2.24, 2.45) is 0 Å². The number of benzene rings is 2. The lowest BCUT2D eigenvalue weighted by Crippen LogP contribution is -2.05. The zero-order valence-electron chi connectivity index (χ0n) is 20.9. The van der Waals surface area contributed by atoms with Crippen LogP contribution in [0.1, 0.15) is 104 Å². The number of fused-ring (bicyclic) bond motifs is 1. The number of unbranched alkanes of at least 4 members (excludes halogenated alkanes) is 12. The number of rotatable bonds is 19. The molecule has 0 unspecified atom stereocenters. The molecule has 0 radical (unpaired) electrons. The summed E-state index contributed by atoms with van der Waals surface area (Å²) in [5.74, 6) is 2.37. The molecule has 2 aromatic rings. The first-order chi connectivity index (χ1) is 15.8. The largest absolute Gasteiger partial charge is 0.493 e. The fourth-order valence-corrected chi connectivity index (χ4v) is 4.17. The first-order valence-electron chi connectivity index (χ1n) is 13.2. The number of methoxy groups -OCH3 is 1. The van der Waals surface area contributed by atoms with E-state index in [9.17, 15) is 0 Å². The maximum absolute atomic E-state index is 6.34. The molecule has 0 saturated carbocycles. The van der Waals surface area contributed by atoms with E-state index >= 15 is 0 Å². The van der Waals surface area contributed by atoms with Crippen molar-refractivity contribution in [3.63, 3.8) is 0 Å². The fourth-order valence-electron chi connectivity index (χ4n) is 4.17. The van der Waals surface area contributed by atoms with Crippen molar-refractivity contribution < 1.29 is 14.2 Å². The normalized spacial score (nSPS) is 11.1. The standard InChI is InChI=1S/C29H46O3/c1-4-6-8-10-12-14-18-22-31-28-26-21-17-16-20-25(26)24-27(30-3)29(28)32-23-19-15-13-11-9-7-5-2/h16-17,20-21,24H,4-15,18-19,22-23H2,1-3H3. The average molecular weight is 443 g/mol. The van der Waals surface area contributed by atoms with E-state index in [0.717, 1.165) is 47.5 Å². The molecule has 0 bridgehead atoms. The van der Waals surface area contributed by atoms with Crippen molar-refractivity contribution in [1.29, 1.82) is 0 Å². The van der Waals surface area contributed by atoms with Crippen molar-refractivity contribution in [3.05, 3.63) is 30.3 Å². The second-order valence-corrected chi connectivity index (χ2v) is 8.90. The summed E-state index contributed by atoms with van der Waals surface area (Å²) < 4.78 is 18.3. The zero-order chi connectivity index (χ0) is 22.9. The molecule has 0 spiro atoms. The lowest BCUT2D eigenvalue weighted by molar-refractivity contribution is 0.249. The van der Waals surface area contributed by atoms with Gasteiger partial charge >= 0.3 is 0 Å². The van der Waals surface area contributed by atoms with Gasteiger partial charge in [0.1, 0.15) is 0 Å². The summed E-state index contributed by atoms with van der Waals surface area (Å²) in [4.78, 5) is 0. The van der Waals surface area contributed by atoms with Crippen LogP contribution >= 0.6 is 0 Å². The van der Waals surface area contributed by atoms with E-state index in [1.54, 1.807) is 7.11 Å². The van der Waals surface area contributed by atoms with Gasteiger partial charge in [-0.15, -0.1) is 0 Å². The fraction of sp³-hybridized carbons (Fsp3) is 0.655. The van der Waals surface area contributed by atoms with Crippen LogP contribution in [0.4, 0.5) is 0 Å². The first-order valence-corrected chi connectivity index (χ1v) is 13.2. The van der Waals surface area contributed by atoms with Gasteiger partial charge < -0.3 is 14.2 Å². The Morgan fingerprint density at radius 1 is 0.594 bits per heavy atom. The Morgan fingerprint density at radius 3 is 1.66 bits per heavy atom. The molecule has 2 rings (SSSR count). The third-order valence-electron chi connectivity index (χ3n) is 6.13. The highest BCUT2D eigenvalue weighted by molar-refractivity contribution is 5.93. The van der Waals surface area contributed by atoms with Gasteiger partial charge in [-0.05, 0) is 24.3 Å². The molecule has 3 nitrogen and oxygen atoms in total. The SMILES string of the molecule is CCCCCCCCCOc1c(OC)cc2ccccc2c1OCCCCCCCCC. The summed E-state index contributed by atoms with van der Waals surface area (Å²) in [5, 5.41) is 2.23. The van der Waals surface area contributed by atoms with Crippen molar-refractivity contribution in [2.75, 3.05) is 20.3 Å². The second kappa shape index (κ2) is 16.7. The Kier molecular flexibility index (Phi) is 13.7. The van der Waals surface area contributed by atoms with Gasteiger partial charge in [0.2, 0.25) is 5.75 Å². The van der Waals surface area contributed by atoms with E-state index in [-0.39, 0.29) is 0 Å². The van der Waals surface area contributed by atoms with Crippen LogP contribution in [-0.2, 0) is 0 Å². The van der Waals surface area contributed by atoms with Gasteiger partial charge in [0.15, 0.2) is 11.5 Å². The molecule has 0 aliphatic carbocycles. The number of hydrogen-bond donors (Lipinski definition) is 0. The molecule has 0 aliphatic rings. The number of hydrogen-bond acceptors (Lipinski definition) is 3. The molecular formula is C29H46O3. The van der Waals surface area contributed by atoms with E-state index in [4.69, 9.17) is 14.2 Å². The third-order valence-corrected chi connectivity index (χ3v) is 6.13. The molecule has 0 atom stereocenters. The summed E-state index contributed by atoms with van der Waals surface area (Å²) in [7, 11) is 1.71. The highest BCUT2D eigenvalue weighted by Gasteiger charge is 2.17. The van der Waals surface area contributed by atoms with E-state index in [0.29, 0.717) is 6.61 Å². The Balaban J connectivity index is 1.94. The second-order valence-electron chi connectivity index (χ2n) is 8.90. The van der Waals surface area contributed by atoms with Crippen LogP contribution in [0.25, 0.3) is 10.8 Å². The van der Waals surface area contributed by atoms with Gasteiger partial charge in [0.05, 0.1) is 20.3 Å². The quantitative estimate of drug-likeness (QED) is 0.203. The summed E-state index contributed by atoms with van der Waals surface area (Å²) in [5.41, 5.74) is 0. The Bertz CT molecular complexity index is 741. The van der Waals surface area contributed by atoms with Gasteiger partial charge in [0, 0.05) is 5.39 Å². The molecule has 0 N–H and O–H groups in total. The van der Waals surface area contributed by atoms with E-state index in [2.05, 4.69) is 44.2 Å². The summed E-state index contributed by atoms with van der Waals surface area (Å²) in [6.07, 6.45) is 17.9. The Hall–Kier alpha value is -1.90. The maximum Gasteiger partial charge on any atom is 0.204 e. The highest BCUT2D eigenvalue weighted by Crippen LogP contribution is 2.44. The minimum Gasteiger partial charge on any atom is -0.493 e. The first kappa shape index (κ1) is 26.4. The van der Waals surface area contributed by atoms with Crippen LogP contribution in [0.3, 0.4) is 0 Å². The van der Waals surface area contributed by atoms with E-state index in [1.165, 1.54) is 77.0 Å². The van der Waals surface area contributed by atoms with Gasteiger partial charge in [-0.3, -0.25) is 0 Å². The van der Waals surface area contributed by atoms with Gasteiger partial charge in [-0.25, -0.2) is 0 Å². The topological polar surface area (TPSA) is 27.7 Å². The van der Waals surface area contributed by atoms with Gasteiger partial charge in [0.25, 0.3) is 0 Å². The van der Waals surface area contributed by atoms with Crippen molar-refractivity contribution >= 4 is 10.8 Å². The molecule has 0 aliphatic heterocycles. The predicted octanol–water partition coefficient (Wildman–Crippen LogP) is 9.11. The van der Waals surface area contributed by atoms with Crippen LogP contribution in [-0.4, -0.2) is 20.3 Å². The summed E-state index contributed by atoms with van der Waals surface area (Å²) in [6, 6.07) is 10.4. The smallest absolute Gasteiger partial charge is 0.204 e. The van der Waals surface area contributed by atoms with Crippen molar-refractivity contribution in [3.8, 4) is 17.2 Å². The van der Waals surface area contributed by atoms with Gasteiger partial charge in [-0.1, -0.05) is 115 Å². The minimum absolute atomic E-state index is 0.705. The highest BCUT2D eigenvalue weighted by atomic mass is 16.5. The average Bonchev–Trinajstić information content (AvgIpc) is 2.82. The minimum atomic E-state index is 0.705. The summed E-state index contributed by atoms with van der Waals surface area (Å²) in [6.45, 7) is 5.95. The molecule has 180 valence electrons. The zero-order valence-corrected chi connectivity index (χ0v) is 20.9. The van der Waals surface area contributed by atoms with Crippen LogP contribution in [0.15, 0.2) is 30.3 Å². The molecule has 0 saturated heterocycles.